The number of hydrogen-bond acceptors (Lipinski definition) is 4. The van der Waals surface area contributed by atoms with E-state index in [9.17, 15) is 9.59 Å². The standard InChI is InChI=1S/C29H34N4O2/c1-32(2)24-17-15-21(16-18-24)20-31-28(34)25-14-9-19-33(25)29(35)27(30)26(22-10-5-3-6-11-22)23-12-7-4-8-13-23/h3-8,10-13,15-18,25-27H,9,14,19-20,30H2,1-2H3,(H,31,34)/t25-,27?/m0/s1. The predicted octanol–water partition coefficient (Wildman–Crippen LogP) is 3.52. The molecule has 0 saturated carbocycles. The summed E-state index contributed by atoms with van der Waals surface area (Å²) in [5.41, 5.74) is 10.7. The molecule has 6 heteroatoms. The Morgan fingerprint density at radius 3 is 2.06 bits per heavy atom. The SMILES string of the molecule is CN(C)c1ccc(CNC(=O)[C@@H]2CCCN2C(=O)C(N)C(c2ccccc2)c2ccccc2)cc1. The third-order valence-corrected chi connectivity index (χ3v) is 6.72. The van der Waals surface area contributed by atoms with E-state index < -0.39 is 12.1 Å². The molecular weight excluding hydrogens is 436 g/mol. The van der Waals surface area contributed by atoms with Gasteiger partial charge in [-0.1, -0.05) is 72.8 Å². The van der Waals surface area contributed by atoms with Gasteiger partial charge in [0.05, 0.1) is 6.04 Å². The van der Waals surface area contributed by atoms with Crippen molar-refractivity contribution in [3.63, 3.8) is 0 Å². The topological polar surface area (TPSA) is 78.7 Å². The summed E-state index contributed by atoms with van der Waals surface area (Å²) >= 11 is 0. The van der Waals surface area contributed by atoms with Gasteiger partial charge in [0, 0.05) is 38.8 Å². The highest BCUT2D eigenvalue weighted by molar-refractivity contribution is 5.91. The van der Waals surface area contributed by atoms with Crippen LogP contribution in [-0.2, 0) is 16.1 Å². The summed E-state index contributed by atoms with van der Waals surface area (Å²) in [7, 11) is 3.99. The molecule has 6 nitrogen and oxygen atoms in total. The molecule has 1 saturated heterocycles. The van der Waals surface area contributed by atoms with Crippen LogP contribution in [0.3, 0.4) is 0 Å². The van der Waals surface area contributed by atoms with Gasteiger partial charge in [0.1, 0.15) is 6.04 Å². The molecule has 0 bridgehead atoms. The summed E-state index contributed by atoms with van der Waals surface area (Å²) < 4.78 is 0. The van der Waals surface area contributed by atoms with Crippen LogP contribution in [0.25, 0.3) is 0 Å². The molecule has 2 atom stereocenters. The third-order valence-electron chi connectivity index (χ3n) is 6.72. The van der Waals surface area contributed by atoms with Crippen molar-refractivity contribution in [2.45, 2.75) is 37.4 Å². The highest BCUT2D eigenvalue weighted by atomic mass is 16.2. The molecule has 182 valence electrons. The van der Waals surface area contributed by atoms with Crippen molar-refractivity contribution in [2.24, 2.45) is 5.73 Å². The molecule has 3 aromatic rings. The number of carbonyl (C=O) groups excluding carboxylic acids is 2. The third kappa shape index (κ3) is 5.72. The van der Waals surface area contributed by atoms with Crippen molar-refractivity contribution >= 4 is 17.5 Å². The second kappa shape index (κ2) is 11.2. The number of nitrogens with one attached hydrogen (secondary N) is 1. The van der Waals surface area contributed by atoms with Crippen molar-refractivity contribution < 1.29 is 9.59 Å². The maximum absolute atomic E-state index is 13.6. The molecule has 2 amide bonds. The van der Waals surface area contributed by atoms with Crippen LogP contribution in [0.2, 0.25) is 0 Å². The molecule has 1 heterocycles. The Morgan fingerprint density at radius 1 is 0.943 bits per heavy atom. The quantitative estimate of drug-likeness (QED) is 0.528. The van der Waals surface area contributed by atoms with E-state index in [1.807, 2.05) is 104 Å². The number of anilines is 1. The summed E-state index contributed by atoms with van der Waals surface area (Å²) in [5.74, 6) is -0.601. The van der Waals surface area contributed by atoms with Crippen molar-refractivity contribution in [1.29, 1.82) is 0 Å². The van der Waals surface area contributed by atoms with Crippen LogP contribution in [-0.4, -0.2) is 49.4 Å². The number of benzene rings is 3. The van der Waals surface area contributed by atoms with Crippen molar-refractivity contribution in [3.8, 4) is 0 Å². The van der Waals surface area contributed by atoms with Gasteiger partial charge in [-0.15, -0.1) is 0 Å². The summed E-state index contributed by atoms with van der Waals surface area (Å²) in [6.07, 6.45) is 1.43. The average molecular weight is 471 g/mol. The summed E-state index contributed by atoms with van der Waals surface area (Å²) in [6, 6.07) is 26.5. The number of nitrogens with two attached hydrogens (primary N) is 1. The Bertz CT molecular complexity index is 1080. The minimum absolute atomic E-state index is 0.129. The van der Waals surface area contributed by atoms with Crippen LogP contribution in [0.15, 0.2) is 84.9 Å². The first kappa shape index (κ1) is 24.5. The maximum Gasteiger partial charge on any atom is 0.243 e. The van der Waals surface area contributed by atoms with Crippen LogP contribution >= 0.6 is 0 Å². The van der Waals surface area contributed by atoms with Gasteiger partial charge in [-0.3, -0.25) is 9.59 Å². The zero-order valence-corrected chi connectivity index (χ0v) is 20.4. The highest BCUT2D eigenvalue weighted by Crippen LogP contribution is 2.30. The van der Waals surface area contributed by atoms with Gasteiger partial charge in [-0.25, -0.2) is 0 Å². The van der Waals surface area contributed by atoms with Crippen LogP contribution in [0.4, 0.5) is 5.69 Å². The number of nitrogens with zero attached hydrogens (tertiary/aromatic N) is 2. The fourth-order valence-corrected chi connectivity index (χ4v) is 4.78. The largest absolute Gasteiger partial charge is 0.378 e. The highest BCUT2D eigenvalue weighted by Gasteiger charge is 2.39. The lowest BCUT2D eigenvalue weighted by atomic mass is 9.84. The molecule has 3 aromatic carbocycles. The molecule has 0 radical (unpaired) electrons. The molecule has 1 aliphatic heterocycles. The van der Waals surface area contributed by atoms with Crippen molar-refractivity contribution in [2.75, 3.05) is 25.5 Å². The maximum atomic E-state index is 13.6. The molecular formula is C29H34N4O2. The molecule has 3 N–H and O–H groups in total. The van der Waals surface area contributed by atoms with E-state index in [0.29, 0.717) is 19.5 Å². The Labute approximate surface area is 207 Å². The fourth-order valence-electron chi connectivity index (χ4n) is 4.78. The molecule has 35 heavy (non-hydrogen) atoms. The molecule has 1 unspecified atom stereocenters. The van der Waals surface area contributed by atoms with E-state index in [4.69, 9.17) is 5.73 Å². The second-order valence-electron chi connectivity index (χ2n) is 9.29. The molecule has 4 rings (SSSR count). The van der Waals surface area contributed by atoms with Crippen molar-refractivity contribution in [1.82, 2.24) is 10.2 Å². The van der Waals surface area contributed by atoms with E-state index in [2.05, 4.69) is 5.32 Å². The normalized spacial score (nSPS) is 16.2. The lowest BCUT2D eigenvalue weighted by Gasteiger charge is -2.31. The van der Waals surface area contributed by atoms with Crippen LogP contribution in [0, 0.1) is 0 Å². The van der Waals surface area contributed by atoms with E-state index >= 15 is 0 Å². The first-order valence-corrected chi connectivity index (χ1v) is 12.2. The Balaban J connectivity index is 1.46. The summed E-state index contributed by atoms with van der Waals surface area (Å²) in [4.78, 5) is 30.4. The number of hydrogen-bond donors (Lipinski definition) is 2. The lowest BCUT2D eigenvalue weighted by Crippen LogP contribution is -2.52. The van der Waals surface area contributed by atoms with E-state index in [1.165, 1.54) is 0 Å². The fraction of sp³-hybridized carbons (Fsp3) is 0.310. The van der Waals surface area contributed by atoms with E-state index in [-0.39, 0.29) is 17.7 Å². The number of amides is 2. The van der Waals surface area contributed by atoms with Gasteiger partial charge >= 0.3 is 0 Å². The zero-order valence-electron chi connectivity index (χ0n) is 20.4. The van der Waals surface area contributed by atoms with Gasteiger partial charge in [-0.2, -0.15) is 0 Å². The molecule has 0 aromatic heterocycles. The van der Waals surface area contributed by atoms with Crippen LogP contribution in [0.1, 0.15) is 35.4 Å². The Morgan fingerprint density at radius 2 is 1.51 bits per heavy atom. The first-order chi connectivity index (χ1) is 17.0. The minimum Gasteiger partial charge on any atom is -0.378 e. The number of carbonyl (C=O) groups is 2. The van der Waals surface area contributed by atoms with Gasteiger partial charge in [0.2, 0.25) is 11.8 Å². The minimum atomic E-state index is -0.785. The van der Waals surface area contributed by atoms with Gasteiger partial charge in [0.25, 0.3) is 0 Å². The Hall–Kier alpha value is -3.64. The first-order valence-electron chi connectivity index (χ1n) is 12.2. The average Bonchev–Trinajstić information content (AvgIpc) is 3.38. The summed E-state index contributed by atoms with van der Waals surface area (Å²) in [6.45, 7) is 0.965. The van der Waals surface area contributed by atoms with Gasteiger partial charge in [-0.05, 0) is 41.7 Å². The zero-order chi connectivity index (χ0) is 24.8. The number of rotatable bonds is 8. The van der Waals surface area contributed by atoms with Crippen LogP contribution < -0.4 is 16.0 Å². The van der Waals surface area contributed by atoms with Gasteiger partial charge < -0.3 is 20.9 Å². The van der Waals surface area contributed by atoms with Crippen molar-refractivity contribution in [3.05, 3.63) is 102 Å². The molecule has 1 fully saturated rings. The van der Waals surface area contributed by atoms with E-state index in [1.54, 1.807) is 4.90 Å². The summed E-state index contributed by atoms with van der Waals surface area (Å²) in [5, 5.41) is 3.02. The monoisotopic (exact) mass is 470 g/mol. The second-order valence-corrected chi connectivity index (χ2v) is 9.29. The molecule has 0 aliphatic carbocycles. The molecule has 1 aliphatic rings. The van der Waals surface area contributed by atoms with E-state index in [0.717, 1.165) is 28.8 Å². The predicted molar refractivity (Wildman–Crippen MR) is 140 cm³/mol. The Kier molecular flexibility index (Phi) is 7.83. The smallest absolute Gasteiger partial charge is 0.243 e. The van der Waals surface area contributed by atoms with Gasteiger partial charge in [0.15, 0.2) is 0 Å². The molecule has 0 spiro atoms. The lowest BCUT2D eigenvalue weighted by molar-refractivity contribution is -0.139. The number of likely N-dealkylation sites (tertiary alicyclic amines) is 1. The van der Waals surface area contributed by atoms with Crippen LogP contribution in [0.5, 0.6) is 0 Å².